The maximum Gasteiger partial charge on any atom is 0.223 e. The quantitative estimate of drug-likeness (QED) is 0.844. The van der Waals surface area contributed by atoms with E-state index in [1.807, 2.05) is 6.92 Å². The number of rotatable bonds is 3. The van der Waals surface area contributed by atoms with E-state index in [4.69, 9.17) is 5.11 Å². The van der Waals surface area contributed by atoms with Crippen LogP contribution >= 0.6 is 15.9 Å². The Balaban J connectivity index is 2.63. The molecule has 1 atom stereocenters. The van der Waals surface area contributed by atoms with Gasteiger partial charge in [0.2, 0.25) is 5.95 Å². The first-order valence-electron chi connectivity index (χ1n) is 4.00. The van der Waals surface area contributed by atoms with Crippen LogP contribution in [0.2, 0.25) is 0 Å². The van der Waals surface area contributed by atoms with Crippen LogP contribution in [0.15, 0.2) is 10.7 Å². The van der Waals surface area contributed by atoms with Crippen LogP contribution in [0, 0.1) is 6.92 Å². The molecule has 0 saturated carbocycles. The SMILES string of the molecule is Cc1nc(NCC(C)O)ncc1Br. The first-order chi connectivity index (χ1) is 6.09. The predicted molar refractivity (Wildman–Crippen MR) is 54.6 cm³/mol. The Morgan fingerprint density at radius 3 is 2.92 bits per heavy atom. The van der Waals surface area contributed by atoms with E-state index in [2.05, 4.69) is 31.2 Å². The van der Waals surface area contributed by atoms with Crippen molar-refractivity contribution < 1.29 is 5.11 Å². The van der Waals surface area contributed by atoms with Crippen molar-refractivity contribution in [2.75, 3.05) is 11.9 Å². The van der Waals surface area contributed by atoms with E-state index in [1.165, 1.54) is 0 Å². The van der Waals surface area contributed by atoms with Crippen molar-refractivity contribution in [1.82, 2.24) is 9.97 Å². The molecule has 0 fully saturated rings. The number of aromatic nitrogens is 2. The fraction of sp³-hybridized carbons (Fsp3) is 0.500. The Hall–Kier alpha value is -0.680. The van der Waals surface area contributed by atoms with Crippen LogP contribution in [0.4, 0.5) is 5.95 Å². The molecule has 1 rings (SSSR count). The zero-order chi connectivity index (χ0) is 9.84. The average molecular weight is 246 g/mol. The van der Waals surface area contributed by atoms with Crippen LogP contribution in [0.5, 0.6) is 0 Å². The van der Waals surface area contributed by atoms with E-state index in [-0.39, 0.29) is 0 Å². The summed E-state index contributed by atoms with van der Waals surface area (Å²) in [6.07, 6.45) is 1.29. The van der Waals surface area contributed by atoms with Gasteiger partial charge in [0.25, 0.3) is 0 Å². The molecule has 2 N–H and O–H groups in total. The molecule has 72 valence electrons. The molecule has 5 heteroatoms. The van der Waals surface area contributed by atoms with Gasteiger partial charge in [-0.2, -0.15) is 0 Å². The minimum atomic E-state index is -0.396. The minimum Gasteiger partial charge on any atom is -0.392 e. The van der Waals surface area contributed by atoms with Gasteiger partial charge >= 0.3 is 0 Å². The van der Waals surface area contributed by atoms with Gasteiger partial charge in [-0.3, -0.25) is 0 Å². The molecule has 0 saturated heterocycles. The van der Waals surface area contributed by atoms with E-state index in [0.29, 0.717) is 12.5 Å². The number of halogens is 1. The van der Waals surface area contributed by atoms with Gasteiger partial charge in [-0.15, -0.1) is 0 Å². The van der Waals surface area contributed by atoms with Crippen LogP contribution < -0.4 is 5.32 Å². The molecule has 1 unspecified atom stereocenters. The molecule has 0 amide bonds. The molecule has 1 aromatic rings. The number of nitrogens with zero attached hydrogens (tertiary/aromatic N) is 2. The molecular weight excluding hydrogens is 234 g/mol. The van der Waals surface area contributed by atoms with Crippen molar-refractivity contribution in [2.45, 2.75) is 20.0 Å². The van der Waals surface area contributed by atoms with Gasteiger partial charge in [-0.05, 0) is 29.8 Å². The van der Waals surface area contributed by atoms with Crippen molar-refractivity contribution >= 4 is 21.9 Å². The summed E-state index contributed by atoms with van der Waals surface area (Å²) in [6.45, 7) is 4.05. The lowest BCUT2D eigenvalue weighted by Crippen LogP contribution is -2.17. The van der Waals surface area contributed by atoms with Crippen molar-refractivity contribution in [3.8, 4) is 0 Å². The lowest BCUT2D eigenvalue weighted by molar-refractivity contribution is 0.208. The van der Waals surface area contributed by atoms with Gasteiger partial charge in [0.05, 0.1) is 16.3 Å². The lowest BCUT2D eigenvalue weighted by atomic mass is 10.4. The summed E-state index contributed by atoms with van der Waals surface area (Å²) in [6, 6.07) is 0. The zero-order valence-electron chi connectivity index (χ0n) is 7.58. The normalized spacial score (nSPS) is 12.6. The Kier molecular flexibility index (Phi) is 3.62. The highest BCUT2D eigenvalue weighted by molar-refractivity contribution is 9.10. The van der Waals surface area contributed by atoms with Crippen molar-refractivity contribution in [3.05, 3.63) is 16.4 Å². The van der Waals surface area contributed by atoms with Crippen molar-refractivity contribution in [3.63, 3.8) is 0 Å². The second kappa shape index (κ2) is 4.53. The highest BCUT2D eigenvalue weighted by Crippen LogP contribution is 2.13. The summed E-state index contributed by atoms with van der Waals surface area (Å²) in [5, 5.41) is 11.9. The van der Waals surface area contributed by atoms with E-state index in [0.717, 1.165) is 10.2 Å². The summed E-state index contributed by atoms with van der Waals surface area (Å²) in [5.74, 6) is 0.543. The number of hydrogen-bond donors (Lipinski definition) is 2. The fourth-order valence-electron chi connectivity index (χ4n) is 0.777. The molecule has 0 aliphatic rings. The summed E-state index contributed by atoms with van der Waals surface area (Å²) in [4.78, 5) is 8.20. The Labute approximate surface area is 85.5 Å². The fourth-order valence-corrected chi connectivity index (χ4v) is 0.968. The highest BCUT2D eigenvalue weighted by atomic mass is 79.9. The second-order valence-corrected chi connectivity index (χ2v) is 3.71. The average Bonchev–Trinajstić information content (AvgIpc) is 2.07. The van der Waals surface area contributed by atoms with Gasteiger partial charge in [-0.25, -0.2) is 9.97 Å². The van der Waals surface area contributed by atoms with Gasteiger partial charge in [-0.1, -0.05) is 0 Å². The third-order valence-electron chi connectivity index (χ3n) is 1.48. The van der Waals surface area contributed by atoms with Gasteiger partial charge < -0.3 is 10.4 Å². The second-order valence-electron chi connectivity index (χ2n) is 2.86. The molecular formula is C8H12BrN3O. The van der Waals surface area contributed by atoms with Crippen LogP contribution in [0.25, 0.3) is 0 Å². The number of aliphatic hydroxyl groups is 1. The number of aryl methyl sites for hydroxylation is 1. The molecule has 0 aliphatic carbocycles. The van der Waals surface area contributed by atoms with Crippen molar-refractivity contribution in [2.24, 2.45) is 0 Å². The minimum absolute atomic E-state index is 0.396. The third-order valence-corrected chi connectivity index (χ3v) is 2.25. The van der Waals surface area contributed by atoms with Gasteiger partial charge in [0.1, 0.15) is 0 Å². The summed E-state index contributed by atoms with van der Waals surface area (Å²) in [5.41, 5.74) is 0.878. The summed E-state index contributed by atoms with van der Waals surface area (Å²) < 4.78 is 0.884. The van der Waals surface area contributed by atoms with Crippen LogP contribution in [-0.4, -0.2) is 27.7 Å². The molecule has 0 aromatic carbocycles. The van der Waals surface area contributed by atoms with E-state index < -0.39 is 6.10 Å². The molecule has 4 nitrogen and oxygen atoms in total. The first kappa shape index (κ1) is 10.4. The number of hydrogen-bond acceptors (Lipinski definition) is 4. The number of aliphatic hydroxyl groups excluding tert-OH is 1. The topological polar surface area (TPSA) is 58.0 Å². The van der Waals surface area contributed by atoms with Crippen LogP contribution in [-0.2, 0) is 0 Å². The maximum absolute atomic E-state index is 9.01. The number of anilines is 1. The van der Waals surface area contributed by atoms with E-state index >= 15 is 0 Å². The van der Waals surface area contributed by atoms with Crippen molar-refractivity contribution in [1.29, 1.82) is 0 Å². The summed E-state index contributed by atoms with van der Waals surface area (Å²) in [7, 11) is 0. The van der Waals surface area contributed by atoms with Gasteiger partial charge in [0, 0.05) is 12.7 Å². The standard InChI is InChI=1S/C8H12BrN3O/c1-5(13)3-10-8-11-4-7(9)6(2)12-8/h4-5,13H,3H2,1-2H3,(H,10,11,12). The highest BCUT2D eigenvalue weighted by Gasteiger charge is 2.01. The largest absolute Gasteiger partial charge is 0.392 e. The van der Waals surface area contributed by atoms with E-state index in [9.17, 15) is 0 Å². The van der Waals surface area contributed by atoms with Crippen LogP contribution in [0.1, 0.15) is 12.6 Å². The Morgan fingerprint density at radius 2 is 2.38 bits per heavy atom. The third kappa shape index (κ3) is 3.28. The van der Waals surface area contributed by atoms with Gasteiger partial charge in [0.15, 0.2) is 0 Å². The zero-order valence-corrected chi connectivity index (χ0v) is 9.17. The number of nitrogens with one attached hydrogen (secondary N) is 1. The Morgan fingerprint density at radius 1 is 1.69 bits per heavy atom. The molecule has 0 spiro atoms. The lowest BCUT2D eigenvalue weighted by Gasteiger charge is -2.07. The van der Waals surface area contributed by atoms with Crippen LogP contribution in [0.3, 0.4) is 0 Å². The molecule has 13 heavy (non-hydrogen) atoms. The Bertz CT molecular complexity index is 291. The summed E-state index contributed by atoms with van der Waals surface area (Å²) >= 11 is 3.31. The maximum atomic E-state index is 9.01. The predicted octanol–water partition coefficient (Wildman–Crippen LogP) is 1.34. The smallest absolute Gasteiger partial charge is 0.223 e. The molecule has 0 radical (unpaired) electrons. The van der Waals surface area contributed by atoms with E-state index in [1.54, 1.807) is 13.1 Å². The molecule has 0 bridgehead atoms. The first-order valence-corrected chi connectivity index (χ1v) is 4.80. The molecule has 1 heterocycles. The molecule has 0 aliphatic heterocycles. The molecule has 1 aromatic heterocycles. The monoisotopic (exact) mass is 245 g/mol.